The van der Waals surface area contributed by atoms with Crippen molar-refractivity contribution in [2.75, 3.05) is 0 Å². The van der Waals surface area contributed by atoms with Gasteiger partial charge in [-0.15, -0.1) is 0 Å². The summed E-state index contributed by atoms with van der Waals surface area (Å²) in [6.07, 6.45) is 1.82. The number of rotatable bonds is 0. The number of nitrogens with zero attached hydrogens (tertiary/aromatic N) is 5. The van der Waals surface area contributed by atoms with E-state index in [1.165, 1.54) is 5.52 Å². The van der Waals surface area contributed by atoms with Crippen LogP contribution in [0.25, 0.3) is 22.1 Å². The Balaban J connectivity index is 0.000000150. The molecule has 0 amide bonds. The predicted octanol–water partition coefficient (Wildman–Crippen LogP) is 4.09. The summed E-state index contributed by atoms with van der Waals surface area (Å²) < 4.78 is 7.59. The quantitative estimate of drug-likeness (QED) is 0.357. The maximum absolute atomic E-state index is 4.34. The van der Waals surface area contributed by atoms with Gasteiger partial charge in [0.1, 0.15) is 0 Å². The number of benzene rings is 2. The Hall–Kier alpha value is -1.93. The fourth-order valence-electron chi connectivity index (χ4n) is 2.20. The number of imidazole rings is 2. The zero-order valence-electron chi connectivity index (χ0n) is 13.3. The summed E-state index contributed by atoms with van der Waals surface area (Å²) >= 11 is 6.55. The molecular weight excluding hydrogens is 385 g/mol. The van der Waals surface area contributed by atoms with E-state index in [0.717, 1.165) is 21.3 Å². The third kappa shape index (κ3) is 4.33. The van der Waals surface area contributed by atoms with Crippen molar-refractivity contribution in [3.63, 3.8) is 0 Å². The summed E-state index contributed by atoms with van der Waals surface area (Å²) in [5.41, 5.74) is 4.42. The molecule has 24 heavy (non-hydrogen) atoms. The van der Waals surface area contributed by atoms with E-state index < -0.39 is 0 Å². The van der Waals surface area contributed by atoms with Crippen molar-refractivity contribution in [2.45, 2.75) is 0 Å². The third-order valence-corrected chi connectivity index (χ3v) is 4.07. The summed E-state index contributed by atoms with van der Waals surface area (Å²) in [6, 6.07) is 16.1. The monoisotopic (exact) mass is 400 g/mol. The van der Waals surface area contributed by atoms with Gasteiger partial charge in [0.25, 0.3) is 0 Å². The van der Waals surface area contributed by atoms with Gasteiger partial charge in [0.2, 0.25) is 0 Å². The van der Waals surface area contributed by atoms with Crippen LogP contribution in [-0.2, 0) is 14.1 Å². The molecule has 0 saturated carbocycles. The Morgan fingerprint density at radius 3 is 2.12 bits per heavy atom. The first-order chi connectivity index (χ1) is 11.6. The Kier molecular flexibility index (Phi) is 6.75. The van der Waals surface area contributed by atoms with Crippen molar-refractivity contribution in [1.82, 2.24) is 19.1 Å². The number of aromatic nitrogens is 4. The van der Waals surface area contributed by atoms with Gasteiger partial charge < -0.3 is 9.13 Å². The Morgan fingerprint density at radius 2 is 1.54 bits per heavy atom. The molecule has 0 fully saturated rings. The molecular formula is C16H16BBrN5S. The van der Waals surface area contributed by atoms with Gasteiger partial charge in [0.05, 0.1) is 28.4 Å². The first-order valence-electron chi connectivity index (χ1n) is 7.05. The van der Waals surface area contributed by atoms with E-state index in [1.807, 2.05) is 72.0 Å². The van der Waals surface area contributed by atoms with E-state index >= 15 is 0 Å². The molecule has 0 spiro atoms. The molecule has 0 aliphatic carbocycles. The molecule has 0 unspecified atom stereocenters. The van der Waals surface area contributed by atoms with Crippen LogP contribution >= 0.6 is 28.7 Å². The van der Waals surface area contributed by atoms with E-state index in [-0.39, 0.29) is 0 Å². The SMILES string of the molecule is Cn1c(Br)nc2ccccc21.Cn1cnc2ccccc21.[B]=NS. The summed E-state index contributed by atoms with van der Waals surface area (Å²) in [5.74, 6) is 0. The predicted molar refractivity (Wildman–Crippen MR) is 106 cm³/mol. The fourth-order valence-corrected chi connectivity index (χ4v) is 2.58. The van der Waals surface area contributed by atoms with Crippen LogP contribution in [0.4, 0.5) is 0 Å². The van der Waals surface area contributed by atoms with E-state index in [2.05, 4.69) is 56.7 Å². The van der Waals surface area contributed by atoms with Gasteiger partial charge in [-0.25, -0.2) is 9.97 Å². The number of hydrogen-bond acceptors (Lipinski definition) is 4. The zero-order chi connectivity index (χ0) is 17.5. The minimum atomic E-state index is 0.874. The number of hydrogen-bond donors (Lipinski definition) is 1. The minimum absolute atomic E-state index is 0.874. The van der Waals surface area contributed by atoms with Crippen molar-refractivity contribution in [3.05, 3.63) is 59.6 Å². The topological polar surface area (TPSA) is 48.0 Å². The number of aryl methyl sites for hydroxylation is 2. The molecule has 8 heteroatoms. The fraction of sp³-hybridized carbons (Fsp3) is 0.125. The normalized spacial score (nSPS) is 9.79. The standard InChI is InChI=1S/C8H7BrN2.C8H8N2.BHNS/c1-11-7-5-3-2-4-6(7)10-8(11)9;1-10-6-9-7-4-2-3-5-8(7)10;1-2-3/h2-5H,1H3;2-6H,1H3;3H. The molecule has 0 aliphatic rings. The van der Waals surface area contributed by atoms with Crippen LogP contribution in [0.2, 0.25) is 0 Å². The first-order valence-corrected chi connectivity index (χ1v) is 8.25. The summed E-state index contributed by atoms with van der Waals surface area (Å²) in [6.45, 7) is 0. The van der Waals surface area contributed by atoms with Crippen LogP contribution in [0.3, 0.4) is 0 Å². The van der Waals surface area contributed by atoms with E-state index in [4.69, 9.17) is 0 Å². The van der Waals surface area contributed by atoms with Crippen molar-refractivity contribution in [3.8, 4) is 0 Å². The van der Waals surface area contributed by atoms with Crippen LogP contribution in [-0.4, -0.2) is 26.7 Å². The average molecular weight is 401 g/mol. The third-order valence-electron chi connectivity index (χ3n) is 3.36. The Bertz CT molecular complexity index is 950. The number of halogens is 1. The van der Waals surface area contributed by atoms with Crippen LogP contribution < -0.4 is 0 Å². The molecule has 0 atom stereocenters. The molecule has 0 aliphatic heterocycles. The zero-order valence-corrected chi connectivity index (χ0v) is 15.8. The van der Waals surface area contributed by atoms with Gasteiger partial charge >= 0.3 is 24.8 Å². The van der Waals surface area contributed by atoms with Crippen molar-refractivity contribution in [2.24, 2.45) is 18.4 Å². The number of fused-ring (bicyclic) bond motifs is 2. The van der Waals surface area contributed by atoms with Crippen molar-refractivity contribution >= 4 is 58.5 Å². The van der Waals surface area contributed by atoms with Gasteiger partial charge in [-0.3, -0.25) is 0 Å². The van der Waals surface area contributed by atoms with E-state index in [1.54, 1.807) is 0 Å². The molecule has 2 heterocycles. The van der Waals surface area contributed by atoms with Crippen molar-refractivity contribution in [1.29, 1.82) is 0 Å². The molecule has 0 N–H and O–H groups in total. The second-order valence-corrected chi connectivity index (χ2v) is 5.83. The van der Waals surface area contributed by atoms with E-state index in [0.29, 0.717) is 0 Å². The molecule has 121 valence electrons. The molecule has 4 rings (SSSR count). The molecule has 0 saturated heterocycles. The number of para-hydroxylation sites is 4. The van der Waals surface area contributed by atoms with Crippen LogP contribution in [0, 0.1) is 0 Å². The first kappa shape index (κ1) is 18.4. The number of thiol groups is 1. The molecule has 1 radical (unpaired) electrons. The second kappa shape index (κ2) is 8.80. The van der Waals surface area contributed by atoms with Gasteiger partial charge in [-0.05, 0) is 40.2 Å². The summed E-state index contributed by atoms with van der Waals surface area (Å²) in [5, 5.41) is 0. The second-order valence-electron chi connectivity index (χ2n) is 4.89. The molecule has 4 aromatic rings. The Labute approximate surface area is 155 Å². The van der Waals surface area contributed by atoms with Gasteiger partial charge in [-0.1, -0.05) is 24.3 Å². The van der Waals surface area contributed by atoms with Gasteiger partial charge in [0, 0.05) is 14.1 Å². The molecule has 5 nitrogen and oxygen atoms in total. The average Bonchev–Trinajstić information content (AvgIpc) is 3.11. The molecule has 0 bridgehead atoms. The van der Waals surface area contributed by atoms with Crippen molar-refractivity contribution < 1.29 is 0 Å². The van der Waals surface area contributed by atoms with Crippen LogP contribution in [0.15, 0.2) is 63.9 Å². The maximum atomic E-state index is 4.34. The molecule has 2 aromatic carbocycles. The van der Waals surface area contributed by atoms with Crippen LogP contribution in [0.1, 0.15) is 0 Å². The van der Waals surface area contributed by atoms with E-state index in [9.17, 15) is 0 Å². The van der Waals surface area contributed by atoms with Gasteiger partial charge in [0.15, 0.2) is 4.73 Å². The van der Waals surface area contributed by atoms with Gasteiger partial charge in [-0.2, -0.15) is 0 Å². The summed E-state index contributed by atoms with van der Waals surface area (Å²) in [4.78, 5) is 8.47. The Morgan fingerprint density at radius 1 is 1.00 bits per heavy atom. The summed E-state index contributed by atoms with van der Waals surface area (Å²) in [7, 11) is 8.32. The van der Waals surface area contributed by atoms with Crippen LogP contribution in [0.5, 0.6) is 0 Å². The molecule has 2 aromatic heterocycles.